The van der Waals surface area contributed by atoms with Crippen LogP contribution in [0.3, 0.4) is 0 Å². The first-order chi connectivity index (χ1) is 12.5. The van der Waals surface area contributed by atoms with Gasteiger partial charge in [-0.05, 0) is 69.3 Å². The minimum absolute atomic E-state index is 0.0747. The van der Waals surface area contributed by atoms with Crippen LogP contribution in [0.1, 0.15) is 32.4 Å². The Bertz CT molecular complexity index is 792. The van der Waals surface area contributed by atoms with Crippen molar-refractivity contribution in [3.8, 4) is 0 Å². The number of thiophene rings is 2. The Balaban J connectivity index is 1.42. The van der Waals surface area contributed by atoms with Crippen molar-refractivity contribution in [3.63, 3.8) is 0 Å². The highest BCUT2D eigenvalue weighted by Gasteiger charge is 2.56. The minimum Gasteiger partial charge on any atom is -0.481 e. The van der Waals surface area contributed by atoms with Crippen molar-refractivity contribution in [1.82, 2.24) is 4.90 Å². The summed E-state index contributed by atoms with van der Waals surface area (Å²) in [7, 11) is 0. The summed E-state index contributed by atoms with van der Waals surface area (Å²) in [4.78, 5) is 19.1. The topological polar surface area (TPSA) is 40.5 Å². The number of rotatable bonds is 6. The molecular weight excluding hydrogens is 362 g/mol. The number of aliphatic carboxylic acids is 1. The molecule has 1 N–H and O–H groups in total. The van der Waals surface area contributed by atoms with Crippen LogP contribution in [0.15, 0.2) is 30.3 Å². The van der Waals surface area contributed by atoms with Crippen LogP contribution in [0.25, 0.3) is 5.57 Å². The molecule has 1 saturated carbocycles. The minimum atomic E-state index is -0.592. The summed E-state index contributed by atoms with van der Waals surface area (Å²) in [6, 6.07) is 8.85. The molecular formula is C21H25NO2S2. The van der Waals surface area contributed by atoms with Gasteiger partial charge in [-0.25, -0.2) is 0 Å². The predicted molar refractivity (Wildman–Crippen MR) is 109 cm³/mol. The number of likely N-dealkylation sites (tertiary alicyclic amines) is 1. The van der Waals surface area contributed by atoms with E-state index in [9.17, 15) is 9.90 Å². The summed E-state index contributed by atoms with van der Waals surface area (Å²) in [5.74, 6) is 0.169. The van der Waals surface area contributed by atoms with Crippen LogP contribution in [-0.2, 0) is 4.79 Å². The van der Waals surface area contributed by atoms with E-state index in [0.717, 1.165) is 32.5 Å². The Morgan fingerprint density at radius 1 is 1.15 bits per heavy atom. The Labute approximate surface area is 163 Å². The lowest BCUT2D eigenvalue weighted by atomic mass is 10.1. The third-order valence-electron chi connectivity index (χ3n) is 5.67. The molecule has 3 heterocycles. The third kappa shape index (κ3) is 3.66. The number of fused-ring (bicyclic) bond motifs is 1. The van der Waals surface area contributed by atoms with Gasteiger partial charge < -0.3 is 10.0 Å². The maximum atomic E-state index is 11.2. The molecule has 2 aromatic rings. The first-order valence-electron chi connectivity index (χ1n) is 9.32. The smallest absolute Gasteiger partial charge is 0.307 e. The lowest BCUT2D eigenvalue weighted by molar-refractivity contribution is -0.139. The van der Waals surface area contributed by atoms with Gasteiger partial charge in [0, 0.05) is 38.2 Å². The second-order valence-corrected chi connectivity index (χ2v) is 10.1. The molecule has 138 valence electrons. The number of piperidine rings is 1. The Morgan fingerprint density at radius 2 is 1.81 bits per heavy atom. The van der Waals surface area contributed by atoms with Gasteiger partial charge in [0.25, 0.3) is 0 Å². The molecule has 0 bridgehead atoms. The molecule has 2 fully saturated rings. The van der Waals surface area contributed by atoms with Crippen molar-refractivity contribution < 1.29 is 9.90 Å². The SMILES string of the molecule is Cc1ccc(C(=CCCN2CC[C@H]3[C@@H](C2)[C@@H]3C(=O)O)c2ccc(C)s2)s1. The van der Waals surface area contributed by atoms with Gasteiger partial charge in [0.15, 0.2) is 0 Å². The number of nitrogens with zero attached hydrogens (tertiary/aromatic N) is 1. The van der Waals surface area contributed by atoms with Gasteiger partial charge in [-0.3, -0.25) is 4.79 Å². The Hall–Kier alpha value is -1.43. The van der Waals surface area contributed by atoms with Gasteiger partial charge in [-0.2, -0.15) is 0 Å². The maximum absolute atomic E-state index is 11.2. The molecule has 2 aromatic heterocycles. The zero-order chi connectivity index (χ0) is 18.3. The average Bonchev–Trinajstić information content (AvgIpc) is 2.89. The van der Waals surface area contributed by atoms with E-state index in [0.29, 0.717) is 11.8 Å². The van der Waals surface area contributed by atoms with Gasteiger partial charge in [-0.1, -0.05) is 6.08 Å². The van der Waals surface area contributed by atoms with Crippen molar-refractivity contribution in [3.05, 3.63) is 49.9 Å². The van der Waals surface area contributed by atoms with E-state index < -0.39 is 5.97 Å². The van der Waals surface area contributed by atoms with Crippen molar-refractivity contribution in [2.24, 2.45) is 17.8 Å². The number of carbonyl (C=O) groups is 1. The number of carboxylic acid groups (broad SMARTS) is 1. The molecule has 0 radical (unpaired) electrons. The average molecular weight is 388 g/mol. The molecule has 4 rings (SSSR count). The van der Waals surface area contributed by atoms with Gasteiger partial charge in [0.1, 0.15) is 0 Å². The highest BCUT2D eigenvalue weighted by molar-refractivity contribution is 7.15. The molecule has 1 saturated heterocycles. The molecule has 2 aliphatic rings. The van der Waals surface area contributed by atoms with E-state index in [4.69, 9.17) is 0 Å². The first kappa shape index (κ1) is 18.0. The van der Waals surface area contributed by atoms with E-state index >= 15 is 0 Å². The molecule has 0 unspecified atom stereocenters. The Morgan fingerprint density at radius 3 is 2.35 bits per heavy atom. The molecule has 5 heteroatoms. The second-order valence-electron chi connectivity index (χ2n) is 7.51. The number of hydrogen-bond donors (Lipinski definition) is 1. The van der Waals surface area contributed by atoms with Crippen molar-refractivity contribution in [2.75, 3.05) is 19.6 Å². The molecule has 3 nitrogen and oxygen atoms in total. The first-order valence-corrected chi connectivity index (χ1v) is 10.9. The van der Waals surface area contributed by atoms with E-state index in [1.807, 2.05) is 22.7 Å². The summed E-state index contributed by atoms with van der Waals surface area (Å²) in [6.07, 6.45) is 4.44. The van der Waals surface area contributed by atoms with Crippen LogP contribution in [0, 0.1) is 31.6 Å². The van der Waals surface area contributed by atoms with E-state index in [1.54, 1.807) is 0 Å². The fraction of sp³-hybridized carbons (Fsp3) is 0.476. The summed E-state index contributed by atoms with van der Waals surface area (Å²) < 4.78 is 0. The normalized spacial score (nSPS) is 24.9. The van der Waals surface area contributed by atoms with Gasteiger partial charge >= 0.3 is 5.97 Å². The van der Waals surface area contributed by atoms with Crippen molar-refractivity contribution in [2.45, 2.75) is 26.7 Å². The lowest BCUT2D eigenvalue weighted by Gasteiger charge is -2.25. The van der Waals surface area contributed by atoms with Gasteiger partial charge in [0.05, 0.1) is 5.92 Å². The highest BCUT2D eigenvalue weighted by atomic mass is 32.1. The van der Waals surface area contributed by atoms with Crippen LogP contribution in [0.2, 0.25) is 0 Å². The van der Waals surface area contributed by atoms with E-state index in [-0.39, 0.29) is 5.92 Å². The van der Waals surface area contributed by atoms with Crippen LogP contribution < -0.4 is 0 Å². The summed E-state index contributed by atoms with van der Waals surface area (Å²) in [5.41, 5.74) is 1.35. The van der Waals surface area contributed by atoms with Gasteiger partial charge in [0.2, 0.25) is 0 Å². The molecule has 26 heavy (non-hydrogen) atoms. The van der Waals surface area contributed by atoms with E-state index in [2.05, 4.69) is 49.1 Å². The zero-order valence-corrected chi connectivity index (χ0v) is 16.9. The fourth-order valence-electron chi connectivity index (χ4n) is 4.25. The van der Waals surface area contributed by atoms with Crippen LogP contribution in [0.5, 0.6) is 0 Å². The van der Waals surface area contributed by atoms with Crippen molar-refractivity contribution >= 4 is 34.2 Å². The number of carboxylic acids is 1. The second kappa shape index (κ2) is 7.29. The van der Waals surface area contributed by atoms with Crippen LogP contribution in [-0.4, -0.2) is 35.6 Å². The van der Waals surface area contributed by atoms with E-state index in [1.165, 1.54) is 25.1 Å². The fourth-order valence-corrected chi connectivity index (χ4v) is 6.16. The van der Waals surface area contributed by atoms with Crippen LogP contribution in [0.4, 0.5) is 0 Å². The van der Waals surface area contributed by atoms with Crippen LogP contribution >= 0.6 is 22.7 Å². The summed E-state index contributed by atoms with van der Waals surface area (Å²) in [6.45, 7) is 7.34. The number of aryl methyl sites for hydroxylation is 2. The quantitative estimate of drug-likeness (QED) is 0.766. The molecule has 1 aliphatic carbocycles. The van der Waals surface area contributed by atoms with Gasteiger partial charge in [-0.15, -0.1) is 22.7 Å². The number of hydrogen-bond acceptors (Lipinski definition) is 4. The predicted octanol–water partition coefficient (Wildman–Crippen LogP) is 4.90. The largest absolute Gasteiger partial charge is 0.481 e. The molecule has 3 atom stereocenters. The molecule has 0 spiro atoms. The lowest BCUT2D eigenvalue weighted by Crippen LogP contribution is -2.32. The monoisotopic (exact) mass is 387 g/mol. The standard InChI is InChI=1S/C21H25NO2S2/c1-13-5-7-18(25-13)16(19-8-6-14(2)26-19)4-3-10-22-11-9-15-17(12-22)20(15)21(23)24/h4-8,15,17,20H,3,9-12H2,1-2H3,(H,23,24)/t15-,17+,20+/m0/s1. The molecule has 0 amide bonds. The van der Waals surface area contributed by atoms with Crippen molar-refractivity contribution in [1.29, 1.82) is 0 Å². The molecule has 1 aliphatic heterocycles. The summed E-state index contributed by atoms with van der Waals surface area (Å²) in [5, 5.41) is 9.25. The highest BCUT2D eigenvalue weighted by Crippen LogP contribution is 2.51. The summed E-state index contributed by atoms with van der Waals surface area (Å²) >= 11 is 3.71. The zero-order valence-electron chi connectivity index (χ0n) is 15.3. The maximum Gasteiger partial charge on any atom is 0.307 e. The molecule has 0 aromatic carbocycles. The third-order valence-corrected chi connectivity index (χ3v) is 7.74. The Kier molecular flexibility index (Phi) is 5.04.